The minimum Gasteiger partial charge on any atom is -0.330 e. The van der Waals surface area contributed by atoms with Crippen molar-refractivity contribution < 1.29 is 4.92 Å². The van der Waals surface area contributed by atoms with Crippen LogP contribution in [-0.2, 0) is 0 Å². The Hall–Kier alpha value is -1.38. The molecule has 0 bridgehead atoms. The van der Waals surface area contributed by atoms with Crippen LogP contribution in [0.5, 0.6) is 0 Å². The molecule has 0 atom stereocenters. The summed E-state index contributed by atoms with van der Waals surface area (Å²) in [5.74, 6) is -1.65. The number of hydrogen-bond acceptors (Lipinski definition) is 7. The van der Waals surface area contributed by atoms with Gasteiger partial charge in [0.2, 0.25) is 0 Å². The number of rotatable bonds is 7. The normalized spacial score (nSPS) is 17.8. The molecule has 0 aromatic heterocycles. The van der Waals surface area contributed by atoms with Gasteiger partial charge < -0.3 is 17.2 Å². The van der Waals surface area contributed by atoms with Gasteiger partial charge in [0, 0.05) is 19.4 Å². The molecule has 0 aromatic carbocycles. The predicted octanol–water partition coefficient (Wildman–Crippen LogP) is -1.14. The summed E-state index contributed by atoms with van der Waals surface area (Å²) in [6.07, 6.45) is 1.03. The highest BCUT2D eigenvalue weighted by molar-refractivity contribution is 6.43. The highest BCUT2D eigenvalue weighted by Gasteiger charge is 2.46. The molecule has 0 saturated carbocycles. The van der Waals surface area contributed by atoms with E-state index in [4.69, 9.17) is 17.2 Å². The van der Waals surface area contributed by atoms with E-state index < -0.39 is 10.7 Å². The van der Waals surface area contributed by atoms with Crippen LogP contribution in [0.1, 0.15) is 19.3 Å². The maximum Gasteiger partial charge on any atom is 0.413 e. The van der Waals surface area contributed by atoms with Crippen LogP contribution in [-0.4, -0.2) is 41.8 Å². The zero-order chi connectivity index (χ0) is 12.9. The summed E-state index contributed by atoms with van der Waals surface area (Å²) < 4.78 is 0. The van der Waals surface area contributed by atoms with E-state index in [1.54, 1.807) is 0 Å². The Kier molecular flexibility index (Phi) is 4.67. The van der Waals surface area contributed by atoms with E-state index in [1.165, 1.54) is 0 Å². The van der Waals surface area contributed by atoms with Crippen molar-refractivity contribution in [3.8, 4) is 0 Å². The molecule has 0 amide bonds. The molecule has 6 N–H and O–H groups in total. The largest absolute Gasteiger partial charge is 0.413 e. The average molecular weight is 242 g/mol. The first-order valence-corrected chi connectivity index (χ1v) is 5.52. The van der Waals surface area contributed by atoms with Gasteiger partial charge in [-0.3, -0.25) is 10.1 Å². The van der Waals surface area contributed by atoms with Crippen molar-refractivity contribution in [2.45, 2.75) is 25.0 Å². The Morgan fingerprint density at radius 2 is 1.53 bits per heavy atom. The second-order valence-corrected chi connectivity index (χ2v) is 3.76. The van der Waals surface area contributed by atoms with E-state index in [1.807, 2.05) is 0 Å². The third-order valence-corrected chi connectivity index (χ3v) is 2.50. The lowest BCUT2D eigenvalue weighted by Gasteiger charge is -2.11. The molecule has 0 aromatic rings. The zero-order valence-electron chi connectivity index (χ0n) is 9.63. The smallest absolute Gasteiger partial charge is 0.330 e. The highest BCUT2D eigenvalue weighted by atomic mass is 16.6. The van der Waals surface area contributed by atoms with E-state index >= 15 is 0 Å². The number of aliphatic imine (C=N–C) groups is 2. The third kappa shape index (κ3) is 2.84. The zero-order valence-corrected chi connectivity index (χ0v) is 9.63. The van der Waals surface area contributed by atoms with Gasteiger partial charge in [0.05, 0.1) is 22.8 Å². The molecule has 1 aliphatic heterocycles. The van der Waals surface area contributed by atoms with Crippen LogP contribution in [0.15, 0.2) is 9.98 Å². The van der Waals surface area contributed by atoms with E-state index in [0.29, 0.717) is 37.4 Å². The molecular formula is C9H18N6O2. The topological polar surface area (TPSA) is 146 Å². The lowest BCUT2D eigenvalue weighted by molar-refractivity contribution is -0.566. The Bertz CT molecular complexity index is 329. The van der Waals surface area contributed by atoms with E-state index in [-0.39, 0.29) is 13.0 Å². The lowest BCUT2D eigenvalue weighted by atomic mass is 10.1. The molecule has 8 nitrogen and oxygen atoms in total. The fourth-order valence-electron chi connectivity index (χ4n) is 1.74. The summed E-state index contributed by atoms with van der Waals surface area (Å²) in [4.78, 5) is 18.8. The molecule has 0 aliphatic carbocycles. The SMILES string of the molecule is NCCC1=NC(CCN)([N+](=O)[O-])N=C1CCN. The van der Waals surface area contributed by atoms with E-state index in [2.05, 4.69) is 9.98 Å². The van der Waals surface area contributed by atoms with Crippen molar-refractivity contribution in [1.29, 1.82) is 0 Å². The molecule has 17 heavy (non-hydrogen) atoms. The van der Waals surface area contributed by atoms with Crippen LogP contribution >= 0.6 is 0 Å². The van der Waals surface area contributed by atoms with Crippen molar-refractivity contribution in [1.82, 2.24) is 0 Å². The monoisotopic (exact) mass is 242 g/mol. The number of hydrogen-bond donors (Lipinski definition) is 3. The second-order valence-electron chi connectivity index (χ2n) is 3.76. The standard InChI is InChI=1S/C9H18N6O2/c10-4-1-7-8(2-5-11)14-9(13-7,3-6-12)15(16)17/h1-6,10-12H2. The highest BCUT2D eigenvalue weighted by Crippen LogP contribution is 2.26. The predicted molar refractivity (Wildman–Crippen MR) is 65.6 cm³/mol. The summed E-state index contributed by atoms with van der Waals surface area (Å²) >= 11 is 0. The van der Waals surface area contributed by atoms with Crippen LogP contribution in [0.2, 0.25) is 0 Å². The first-order chi connectivity index (χ1) is 8.09. The number of nitrogens with zero attached hydrogens (tertiary/aromatic N) is 3. The van der Waals surface area contributed by atoms with Crippen LogP contribution in [0, 0.1) is 10.1 Å². The molecule has 8 heteroatoms. The summed E-state index contributed by atoms with van der Waals surface area (Å²) in [5, 5.41) is 11.1. The van der Waals surface area contributed by atoms with Gasteiger partial charge in [0.15, 0.2) is 0 Å². The van der Waals surface area contributed by atoms with Crippen molar-refractivity contribution in [3.05, 3.63) is 10.1 Å². The Morgan fingerprint density at radius 3 is 1.82 bits per heavy atom. The molecule has 0 radical (unpaired) electrons. The number of nitrogens with two attached hydrogens (primary N) is 3. The number of nitro groups is 1. The summed E-state index contributed by atoms with van der Waals surface area (Å²) in [7, 11) is 0. The maximum absolute atomic E-state index is 11.1. The minimum atomic E-state index is -1.65. The summed E-state index contributed by atoms with van der Waals surface area (Å²) in [5.41, 5.74) is 17.4. The van der Waals surface area contributed by atoms with Gasteiger partial charge in [-0.15, -0.1) is 0 Å². The fourth-order valence-corrected chi connectivity index (χ4v) is 1.74. The van der Waals surface area contributed by atoms with Gasteiger partial charge in [-0.05, 0) is 13.1 Å². The van der Waals surface area contributed by atoms with Gasteiger partial charge in [0.25, 0.3) is 0 Å². The molecule has 0 saturated heterocycles. The molecule has 1 heterocycles. The van der Waals surface area contributed by atoms with Crippen LogP contribution in [0.4, 0.5) is 0 Å². The molecule has 0 unspecified atom stereocenters. The van der Waals surface area contributed by atoms with Crippen LogP contribution in [0.25, 0.3) is 0 Å². The van der Waals surface area contributed by atoms with Crippen molar-refractivity contribution >= 4 is 11.4 Å². The Morgan fingerprint density at radius 1 is 1.06 bits per heavy atom. The molecule has 0 spiro atoms. The van der Waals surface area contributed by atoms with Gasteiger partial charge in [0.1, 0.15) is 0 Å². The van der Waals surface area contributed by atoms with E-state index in [0.717, 1.165) is 0 Å². The fraction of sp³-hybridized carbons (Fsp3) is 0.778. The minimum absolute atomic E-state index is 0.0855. The quantitative estimate of drug-likeness (QED) is 0.381. The van der Waals surface area contributed by atoms with Gasteiger partial charge >= 0.3 is 5.79 Å². The van der Waals surface area contributed by atoms with Crippen molar-refractivity contribution in [2.24, 2.45) is 27.2 Å². The lowest BCUT2D eigenvalue weighted by Crippen LogP contribution is -2.35. The van der Waals surface area contributed by atoms with Crippen LogP contribution < -0.4 is 17.2 Å². The Labute approximate surface area is 99.1 Å². The second kappa shape index (κ2) is 5.80. The van der Waals surface area contributed by atoms with Crippen LogP contribution in [0.3, 0.4) is 0 Å². The molecule has 1 rings (SSSR count). The molecular weight excluding hydrogens is 224 g/mol. The Balaban J connectivity index is 3.04. The van der Waals surface area contributed by atoms with Gasteiger partial charge in [-0.1, -0.05) is 0 Å². The third-order valence-electron chi connectivity index (χ3n) is 2.50. The van der Waals surface area contributed by atoms with Gasteiger partial charge in [-0.25, -0.2) is 0 Å². The molecule has 1 aliphatic rings. The van der Waals surface area contributed by atoms with Crippen molar-refractivity contribution in [2.75, 3.05) is 19.6 Å². The summed E-state index contributed by atoms with van der Waals surface area (Å²) in [6.45, 7) is 0.900. The summed E-state index contributed by atoms with van der Waals surface area (Å²) in [6, 6.07) is 0. The van der Waals surface area contributed by atoms with E-state index in [9.17, 15) is 10.1 Å². The first kappa shape index (κ1) is 13.7. The molecule has 0 fully saturated rings. The van der Waals surface area contributed by atoms with Gasteiger partial charge in [-0.2, -0.15) is 9.98 Å². The first-order valence-electron chi connectivity index (χ1n) is 5.52. The average Bonchev–Trinajstić information content (AvgIpc) is 2.60. The molecule has 96 valence electrons. The van der Waals surface area contributed by atoms with Crippen molar-refractivity contribution in [3.63, 3.8) is 0 Å². The maximum atomic E-state index is 11.1.